The number of hydrogen-bond donors (Lipinski definition) is 0. The van der Waals surface area contributed by atoms with Crippen molar-refractivity contribution in [3.63, 3.8) is 0 Å². The molecule has 0 radical (unpaired) electrons. The maximum Gasteiger partial charge on any atom is 0.337 e. The summed E-state index contributed by atoms with van der Waals surface area (Å²) in [4.78, 5) is 11.4. The number of methoxy groups -OCH3 is 1. The van der Waals surface area contributed by atoms with E-state index in [-0.39, 0.29) is 5.92 Å². The molecule has 0 aromatic heterocycles. The zero-order valence-corrected chi connectivity index (χ0v) is 11.9. The highest BCUT2D eigenvalue weighted by molar-refractivity contribution is 5.89. The molecule has 0 bridgehead atoms. The average Bonchev–Trinajstić information content (AvgIpc) is 2.47. The molecule has 110 valence electrons. The Labute approximate surface area is 122 Å². The monoisotopic (exact) mass is 290 g/mol. The van der Waals surface area contributed by atoms with E-state index in [0.717, 1.165) is 11.6 Å². The van der Waals surface area contributed by atoms with Gasteiger partial charge in [-0.1, -0.05) is 19.1 Å². The van der Waals surface area contributed by atoms with Crippen LogP contribution < -0.4 is 0 Å². The molecule has 4 heteroatoms. The Morgan fingerprint density at radius 2 is 1.62 bits per heavy atom. The smallest absolute Gasteiger partial charge is 0.337 e. The van der Waals surface area contributed by atoms with Crippen molar-refractivity contribution in [1.29, 1.82) is 0 Å². The van der Waals surface area contributed by atoms with Crippen molar-refractivity contribution in [2.75, 3.05) is 7.11 Å². The van der Waals surface area contributed by atoms with Crippen LogP contribution in [0.15, 0.2) is 42.5 Å². The minimum atomic E-state index is -0.588. The van der Waals surface area contributed by atoms with Gasteiger partial charge in [0.15, 0.2) is 0 Å². The highest BCUT2D eigenvalue weighted by atomic mass is 19.1. The Balaban J connectivity index is 2.35. The number of rotatable bonds is 4. The van der Waals surface area contributed by atoms with E-state index in [4.69, 9.17) is 0 Å². The molecule has 0 saturated heterocycles. The van der Waals surface area contributed by atoms with Crippen molar-refractivity contribution < 1.29 is 18.3 Å². The fraction of sp³-hybridized carbons (Fsp3) is 0.235. The largest absolute Gasteiger partial charge is 0.465 e. The van der Waals surface area contributed by atoms with Gasteiger partial charge in [0.25, 0.3) is 0 Å². The Morgan fingerprint density at radius 1 is 1.05 bits per heavy atom. The van der Waals surface area contributed by atoms with Gasteiger partial charge < -0.3 is 4.74 Å². The standard InChI is InChI=1S/C17H16F2O2/c1-3-16(13-8-14(18)10-15(19)9-13)11-4-6-12(7-5-11)17(20)21-2/h4-10,16H,3H2,1-2H3. The zero-order chi connectivity index (χ0) is 15.4. The van der Waals surface area contributed by atoms with Crippen LogP contribution in [0.25, 0.3) is 0 Å². The minimum absolute atomic E-state index is 0.123. The van der Waals surface area contributed by atoms with Gasteiger partial charge in [-0.05, 0) is 41.8 Å². The molecule has 0 amide bonds. The lowest BCUT2D eigenvalue weighted by Gasteiger charge is -2.16. The van der Waals surface area contributed by atoms with Gasteiger partial charge in [0.05, 0.1) is 12.7 Å². The number of carbonyl (C=O) groups excluding carboxylic acids is 1. The van der Waals surface area contributed by atoms with E-state index in [1.807, 2.05) is 6.92 Å². The molecular formula is C17H16F2O2. The van der Waals surface area contributed by atoms with Gasteiger partial charge in [0, 0.05) is 12.0 Å². The van der Waals surface area contributed by atoms with E-state index in [2.05, 4.69) is 4.74 Å². The topological polar surface area (TPSA) is 26.3 Å². The van der Waals surface area contributed by atoms with E-state index in [1.165, 1.54) is 19.2 Å². The van der Waals surface area contributed by atoms with E-state index in [0.29, 0.717) is 17.5 Å². The van der Waals surface area contributed by atoms with Crippen LogP contribution in [0, 0.1) is 11.6 Å². The third-order valence-electron chi connectivity index (χ3n) is 3.43. The Bertz CT molecular complexity index is 615. The zero-order valence-electron chi connectivity index (χ0n) is 11.9. The molecule has 0 fully saturated rings. The Morgan fingerprint density at radius 3 is 2.10 bits per heavy atom. The second kappa shape index (κ2) is 6.48. The molecule has 2 aromatic carbocycles. The predicted molar refractivity (Wildman–Crippen MR) is 76.3 cm³/mol. The summed E-state index contributed by atoms with van der Waals surface area (Å²) < 4.78 is 31.4. The van der Waals surface area contributed by atoms with E-state index in [1.54, 1.807) is 24.3 Å². The van der Waals surface area contributed by atoms with Gasteiger partial charge in [0.1, 0.15) is 11.6 Å². The first-order chi connectivity index (χ1) is 10.0. The van der Waals surface area contributed by atoms with Gasteiger partial charge in [-0.25, -0.2) is 13.6 Å². The molecular weight excluding hydrogens is 274 g/mol. The molecule has 2 aromatic rings. The second-order valence-electron chi connectivity index (χ2n) is 4.78. The number of ether oxygens (including phenoxy) is 1. The third-order valence-corrected chi connectivity index (χ3v) is 3.43. The van der Waals surface area contributed by atoms with E-state index < -0.39 is 17.6 Å². The molecule has 0 aliphatic carbocycles. The first-order valence-corrected chi connectivity index (χ1v) is 6.69. The molecule has 1 atom stereocenters. The van der Waals surface area contributed by atoms with Gasteiger partial charge in [-0.3, -0.25) is 0 Å². The van der Waals surface area contributed by atoms with E-state index in [9.17, 15) is 13.6 Å². The maximum atomic E-state index is 13.4. The van der Waals surface area contributed by atoms with Crippen molar-refractivity contribution in [2.45, 2.75) is 19.3 Å². The lowest BCUT2D eigenvalue weighted by Crippen LogP contribution is -2.04. The number of carbonyl (C=O) groups is 1. The average molecular weight is 290 g/mol. The van der Waals surface area contributed by atoms with Crippen LogP contribution >= 0.6 is 0 Å². The molecule has 21 heavy (non-hydrogen) atoms. The molecule has 0 aliphatic heterocycles. The number of benzene rings is 2. The summed E-state index contributed by atoms with van der Waals surface area (Å²) in [6, 6.07) is 10.4. The molecule has 0 spiro atoms. The van der Waals surface area contributed by atoms with Gasteiger partial charge in [-0.2, -0.15) is 0 Å². The van der Waals surface area contributed by atoms with Crippen LogP contribution in [0.1, 0.15) is 40.7 Å². The number of hydrogen-bond acceptors (Lipinski definition) is 2. The fourth-order valence-electron chi connectivity index (χ4n) is 2.41. The summed E-state index contributed by atoms with van der Waals surface area (Å²) in [6.07, 6.45) is 0.695. The van der Waals surface area contributed by atoms with Gasteiger partial charge in [-0.15, -0.1) is 0 Å². The molecule has 0 heterocycles. The first kappa shape index (κ1) is 15.2. The van der Waals surface area contributed by atoms with Crippen molar-refractivity contribution in [2.24, 2.45) is 0 Å². The van der Waals surface area contributed by atoms with Crippen LogP contribution in [0.4, 0.5) is 8.78 Å². The fourth-order valence-corrected chi connectivity index (χ4v) is 2.41. The Kier molecular flexibility index (Phi) is 4.68. The molecule has 0 saturated carbocycles. The summed E-state index contributed by atoms with van der Waals surface area (Å²) in [6.45, 7) is 1.95. The predicted octanol–water partition coefficient (Wildman–Crippen LogP) is 4.29. The van der Waals surface area contributed by atoms with Crippen molar-refractivity contribution >= 4 is 5.97 Å². The van der Waals surface area contributed by atoms with Crippen LogP contribution in [-0.4, -0.2) is 13.1 Å². The van der Waals surface area contributed by atoms with Crippen LogP contribution in [0.5, 0.6) is 0 Å². The molecule has 0 N–H and O–H groups in total. The van der Waals surface area contributed by atoms with Gasteiger partial charge >= 0.3 is 5.97 Å². The third kappa shape index (κ3) is 3.45. The van der Waals surface area contributed by atoms with Gasteiger partial charge in [0.2, 0.25) is 0 Å². The summed E-state index contributed by atoms with van der Waals surface area (Å²) in [7, 11) is 1.32. The molecule has 2 nitrogen and oxygen atoms in total. The maximum absolute atomic E-state index is 13.4. The Hall–Kier alpha value is -2.23. The van der Waals surface area contributed by atoms with Crippen molar-refractivity contribution in [1.82, 2.24) is 0 Å². The quantitative estimate of drug-likeness (QED) is 0.785. The normalized spacial score (nSPS) is 12.0. The number of esters is 1. The lowest BCUT2D eigenvalue weighted by molar-refractivity contribution is 0.0600. The molecule has 2 rings (SSSR count). The minimum Gasteiger partial charge on any atom is -0.465 e. The summed E-state index contributed by atoms with van der Waals surface area (Å²) in [5.41, 5.74) is 1.93. The lowest BCUT2D eigenvalue weighted by atomic mass is 9.88. The van der Waals surface area contributed by atoms with Crippen molar-refractivity contribution in [3.05, 3.63) is 70.8 Å². The van der Waals surface area contributed by atoms with Crippen LogP contribution in [0.2, 0.25) is 0 Å². The summed E-state index contributed by atoms with van der Waals surface area (Å²) in [5.74, 6) is -1.71. The number of halogens is 2. The SMILES string of the molecule is CCC(c1ccc(C(=O)OC)cc1)c1cc(F)cc(F)c1. The molecule has 0 aliphatic rings. The summed E-state index contributed by atoms with van der Waals surface area (Å²) >= 11 is 0. The molecule has 1 unspecified atom stereocenters. The van der Waals surface area contributed by atoms with Crippen LogP contribution in [-0.2, 0) is 4.74 Å². The first-order valence-electron chi connectivity index (χ1n) is 6.69. The van der Waals surface area contributed by atoms with E-state index >= 15 is 0 Å². The van der Waals surface area contributed by atoms with Crippen LogP contribution in [0.3, 0.4) is 0 Å². The van der Waals surface area contributed by atoms with Crippen molar-refractivity contribution in [3.8, 4) is 0 Å². The second-order valence-corrected chi connectivity index (χ2v) is 4.78. The highest BCUT2D eigenvalue weighted by Crippen LogP contribution is 2.29. The highest BCUT2D eigenvalue weighted by Gasteiger charge is 2.15. The summed E-state index contributed by atoms with van der Waals surface area (Å²) in [5, 5.41) is 0.